The van der Waals surface area contributed by atoms with E-state index >= 15 is 0 Å². The van der Waals surface area contributed by atoms with Gasteiger partial charge in [-0.2, -0.15) is 0 Å². The molecule has 0 atom stereocenters. The minimum Gasteiger partial charge on any atom is -0.370 e. The van der Waals surface area contributed by atoms with E-state index < -0.39 is 0 Å². The Bertz CT molecular complexity index is 541. The van der Waals surface area contributed by atoms with Gasteiger partial charge in [-0.1, -0.05) is 0 Å². The van der Waals surface area contributed by atoms with Crippen LogP contribution < -0.4 is 26.8 Å². The number of hydrogen-bond acceptors (Lipinski definition) is 4. The number of benzene rings is 1. The maximum Gasteiger partial charge on any atom is 0.319 e. The number of urea groups is 1. The second-order valence-corrected chi connectivity index (χ2v) is 5.24. The molecular weight excluding hydrogens is 282 g/mol. The van der Waals surface area contributed by atoms with E-state index in [1.54, 1.807) is 18.2 Å². The summed E-state index contributed by atoms with van der Waals surface area (Å²) in [5.74, 6) is 4.85. The van der Waals surface area contributed by atoms with Crippen molar-refractivity contribution in [1.29, 1.82) is 0 Å². The fourth-order valence-electron chi connectivity index (χ4n) is 2.59. The molecule has 1 aromatic carbocycles. The van der Waals surface area contributed by atoms with Gasteiger partial charge in [-0.05, 0) is 44.4 Å². The second-order valence-electron chi connectivity index (χ2n) is 5.24. The number of hydrazine groups is 1. The van der Waals surface area contributed by atoms with Crippen LogP contribution >= 0.6 is 0 Å². The average molecular weight is 305 g/mol. The van der Waals surface area contributed by atoms with Gasteiger partial charge in [0, 0.05) is 25.2 Å². The van der Waals surface area contributed by atoms with Crippen LogP contribution in [0, 0.1) is 0 Å². The predicted octanol–water partition coefficient (Wildman–Crippen LogP) is 1.42. The lowest BCUT2D eigenvalue weighted by Gasteiger charge is -2.31. The number of nitrogens with one attached hydrogen (secondary N) is 3. The number of anilines is 2. The van der Waals surface area contributed by atoms with Gasteiger partial charge in [0.25, 0.3) is 5.91 Å². The van der Waals surface area contributed by atoms with Crippen LogP contribution in [0.1, 0.15) is 36.5 Å². The standard InChI is InChI=1S/C15H23N5O2/c1-2-17-15(22)18-12-7-6-11(14(21)19-16)10-13(12)20-8-4-3-5-9-20/h6-7,10H,2-5,8-9,16H2,1H3,(H,19,21)(H2,17,18,22). The molecule has 0 aliphatic carbocycles. The second kappa shape index (κ2) is 7.65. The smallest absolute Gasteiger partial charge is 0.319 e. The molecule has 0 spiro atoms. The number of hydrogen-bond donors (Lipinski definition) is 4. The summed E-state index contributed by atoms with van der Waals surface area (Å²) in [6.07, 6.45) is 3.42. The highest BCUT2D eigenvalue weighted by Crippen LogP contribution is 2.29. The Labute approximate surface area is 130 Å². The summed E-state index contributed by atoms with van der Waals surface area (Å²) in [6, 6.07) is 4.91. The summed E-state index contributed by atoms with van der Waals surface area (Å²) in [4.78, 5) is 25.7. The largest absolute Gasteiger partial charge is 0.370 e. The molecule has 1 saturated heterocycles. The molecule has 0 radical (unpaired) electrons. The molecule has 7 heteroatoms. The summed E-state index contributed by atoms with van der Waals surface area (Å²) in [6.45, 7) is 4.24. The molecule has 1 aromatic rings. The van der Waals surface area contributed by atoms with Crippen LogP contribution in [0.5, 0.6) is 0 Å². The summed E-state index contributed by atoms with van der Waals surface area (Å²) in [5, 5.41) is 5.54. The first-order valence-corrected chi connectivity index (χ1v) is 7.60. The predicted molar refractivity (Wildman–Crippen MR) is 86.9 cm³/mol. The van der Waals surface area contributed by atoms with Crippen LogP contribution in [-0.4, -0.2) is 31.6 Å². The SMILES string of the molecule is CCNC(=O)Nc1ccc(C(=O)NN)cc1N1CCCCC1. The number of nitrogens with zero attached hydrogens (tertiary/aromatic N) is 1. The molecular formula is C15H23N5O2. The van der Waals surface area contributed by atoms with Crippen molar-refractivity contribution in [2.45, 2.75) is 26.2 Å². The van der Waals surface area contributed by atoms with E-state index in [4.69, 9.17) is 5.84 Å². The van der Waals surface area contributed by atoms with E-state index in [1.807, 2.05) is 6.92 Å². The summed E-state index contributed by atoms with van der Waals surface area (Å²) >= 11 is 0. The highest BCUT2D eigenvalue weighted by Gasteiger charge is 2.18. The Balaban J connectivity index is 2.29. The molecule has 0 unspecified atom stereocenters. The molecule has 1 aliphatic rings. The van der Waals surface area contributed by atoms with E-state index in [0.717, 1.165) is 31.6 Å². The molecule has 0 bridgehead atoms. The maximum absolute atomic E-state index is 11.8. The van der Waals surface area contributed by atoms with Gasteiger partial charge in [0.2, 0.25) is 0 Å². The van der Waals surface area contributed by atoms with Gasteiger partial charge in [0.1, 0.15) is 0 Å². The lowest BCUT2D eigenvalue weighted by molar-refractivity contribution is 0.0953. The number of rotatable bonds is 4. The molecule has 0 saturated carbocycles. The van der Waals surface area contributed by atoms with Crippen LogP contribution in [0.25, 0.3) is 0 Å². The van der Waals surface area contributed by atoms with Gasteiger partial charge >= 0.3 is 6.03 Å². The lowest BCUT2D eigenvalue weighted by Crippen LogP contribution is -2.33. The third-order valence-corrected chi connectivity index (χ3v) is 3.67. The van der Waals surface area contributed by atoms with E-state index in [0.29, 0.717) is 17.8 Å². The van der Waals surface area contributed by atoms with E-state index in [2.05, 4.69) is 21.0 Å². The van der Waals surface area contributed by atoms with E-state index in [-0.39, 0.29) is 11.9 Å². The highest BCUT2D eigenvalue weighted by molar-refractivity contribution is 5.98. The minimum absolute atomic E-state index is 0.253. The first-order valence-electron chi connectivity index (χ1n) is 7.60. The Morgan fingerprint density at radius 1 is 1.23 bits per heavy atom. The molecule has 22 heavy (non-hydrogen) atoms. The number of piperidine rings is 1. The molecule has 1 fully saturated rings. The molecule has 7 nitrogen and oxygen atoms in total. The molecule has 2 rings (SSSR count). The third kappa shape index (κ3) is 3.88. The minimum atomic E-state index is -0.345. The van der Waals surface area contributed by atoms with Gasteiger partial charge in [0.15, 0.2) is 0 Å². The number of nitrogens with two attached hydrogens (primary N) is 1. The van der Waals surface area contributed by atoms with Crippen molar-refractivity contribution in [3.63, 3.8) is 0 Å². The van der Waals surface area contributed by atoms with Gasteiger partial charge in [-0.3, -0.25) is 10.2 Å². The van der Waals surface area contributed by atoms with Crippen LogP contribution in [-0.2, 0) is 0 Å². The normalized spacial score (nSPS) is 14.4. The molecule has 5 N–H and O–H groups in total. The van der Waals surface area contributed by atoms with Crippen LogP contribution in [0.15, 0.2) is 18.2 Å². The molecule has 1 heterocycles. The quantitative estimate of drug-likeness (QED) is 0.384. The van der Waals surface area contributed by atoms with E-state index in [1.165, 1.54) is 6.42 Å². The van der Waals surface area contributed by atoms with Crippen molar-refractivity contribution in [3.05, 3.63) is 23.8 Å². The van der Waals surface area contributed by atoms with Crippen molar-refractivity contribution < 1.29 is 9.59 Å². The first kappa shape index (κ1) is 16.1. The lowest BCUT2D eigenvalue weighted by atomic mass is 10.1. The third-order valence-electron chi connectivity index (χ3n) is 3.67. The highest BCUT2D eigenvalue weighted by atomic mass is 16.2. The van der Waals surface area contributed by atoms with Crippen molar-refractivity contribution in [2.75, 3.05) is 29.9 Å². The maximum atomic E-state index is 11.8. The molecule has 1 aliphatic heterocycles. The van der Waals surface area contributed by atoms with Crippen molar-refractivity contribution in [2.24, 2.45) is 5.84 Å². The van der Waals surface area contributed by atoms with Crippen LogP contribution in [0.4, 0.5) is 16.2 Å². The molecule has 120 valence electrons. The zero-order valence-corrected chi connectivity index (χ0v) is 12.8. The number of amides is 3. The zero-order chi connectivity index (χ0) is 15.9. The van der Waals surface area contributed by atoms with Crippen molar-refractivity contribution in [3.8, 4) is 0 Å². The number of carbonyl (C=O) groups is 2. The fourth-order valence-corrected chi connectivity index (χ4v) is 2.59. The molecule has 0 aromatic heterocycles. The number of nitrogen functional groups attached to an aromatic ring is 1. The van der Waals surface area contributed by atoms with Crippen molar-refractivity contribution in [1.82, 2.24) is 10.7 Å². The first-order chi connectivity index (χ1) is 10.7. The monoisotopic (exact) mass is 305 g/mol. The van der Waals surface area contributed by atoms with Gasteiger partial charge in [-0.15, -0.1) is 0 Å². The number of carbonyl (C=O) groups excluding carboxylic acids is 2. The van der Waals surface area contributed by atoms with Crippen molar-refractivity contribution >= 4 is 23.3 Å². The summed E-state index contributed by atoms with van der Waals surface area (Å²) in [7, 11) is 0. The molecule has 3 amide bonds. The van der Waals surface area contributed by atoms with Crippen LogP contribution in [0.2, 0.25) is 0 Å². The Kier molecular flexibility index (Phi) is 5.60. The van der Waals surface area contributed by atoms with Crippen LogP contribution in [0.3, 0.4) is 0 Å². The Hall–Kier alpha value is -2.28. The topological polar surface area (TPSA) is 99.5 Å². The Morgan fingerprint density at radius 2 is 1.95 bits per heavy atom. The van der Waals surface area contributed by atoms with Gasteiger partial charge in [0.05, 0.1) is 11.4 Å². The van der Waals surface area contributed by atoms with Gasteiger partial charge in [-0.25, -0.2) is 10.6 Å². The fraction of sp³-hybridized carbons (Fsp3) is 0.467. The van der Waals surface area contributed by atoms with Gasteiger partial charge < -0.3 is 15.5 Å². The zero-order valence-electron chi connectivity index (χ0n) is 12.8. The summed E-state index contributed by atoms with van der Waals surface area (Å²) in [5.41, 5.74) is 4.16. The van der Waals surface area contributed by atoms with E-state index in [9.17, 15) is 9.59 Å². The Morgan fingerprint density at radius 3 is 2.59 bits per heavy atom. The summed E-state index contributed by atoms with van der Waals surface area (Å²) < 4.78 is 0. The average Bonchev–Trinajstić information content (AvgIpc) is 2.55.